The molecule has 0 radical (unpaired) electrons. The summed E-state index contributed by atoms with van der Waals surface area (Å²) in [5.41, 5.74) is -0.376. The van der Waals surface area contributed by atoms with E-state index in [-0.39, 0.29) is 18.6 Å². The Hall–Kier alpha value is -0.120. The van der Waals surface area contributed by atoms with Crippen LogP contribution in [0, 0.1) is 5.41 Å². The van der Waals surface area contributed by atoms with Crippen LogP contribution in [0.1, 0.15) is 20.8 Å². The highest BCUT2D eigenvalue weighted by atomic mass is 16.3. The van der Waals surface area contributed by atoms with Crippen LogP contribution in [0.15, 0.2) is 0 Å². The van der Waals surface area contributed by atoms with Gasteiger partial charge in [0.15, 0.2) is 0 Å². The van der Waals surface area contributed by atoms with Gasteiger partial charge in [-0.25, -0.2) is 0 Å². The first-order chi connectivity index (χ1) is 5.45. The lowest BCUT2D eigenvalue weighted by Crippen LogP contribution is -2.41. The fraction of sp³-hybridized carbons (Fsp3) is 1.00. The largest absolute Gasteiger partial charge is 0.396 e. The molecule has 0 heterocycles. The zero-order chi connectivity index (χ0) is 9.78. The molecule has 3 heteroatoms. The molecule has 0 atom stereocenters. The van der Waals surface area contributed by atoms with Crippen LogP contribution >= 0.6 is 0 Å². The maximum absolute atomic E-state index is 9.03. The van der Waals surface area contributed by atoms with Crippen molar-refractivity contribution >= 4 is 0 Å². The minimum absolute atomic E-state index is 0.0283. The van der Waals surface area contributed by atoms with Crippen molar-refractivity contribution < 1.29 is 10.2 Å². The summed E-state index contributed by atoms with van der Waals surface area (Å²) in [5, 5.41) is 18.1. The van der Waals surface area contributed by atoms with Crippen LogP contribution in [-0.4, -0.2) is 48.0 Å². The molecule has 0 aliphatic carbocycles. The Balaban J connectivity index is 4.02. The summed E-state index contributed by atoms with van der Waals surface area (Å²) in [6.45, 7) is 6.84. The van der Waals surface area contributed by atoms with Gasteiger partial charge < -0.3 is 15.1 Å². The third-order valence-corrected chi connectivity index (χ3v) is 2.28. The minimum atomic E-state index is -0.376. The molecule has 0 fully saturated rings. The van der Waals surface area contributed by atoms with E-state index in [1.54, 1.807) is 0 Å². The Labute approximate surface area is 75.0 Å². The van der Waals surface area contributed by atoms with Gasteiger partial charge in [-0.05, 0) is 20.9 Å². The zero-order valence-corrected chi connectivity index (χ0v) is 8.54. The zero-order valence-electron chi connectivity index (χ0n) is 8.54. The number of rotatable bonds is 5. The Morgan fingerprint density at radius 2 is 1.67 bits per heavy atom. The van der Waals surface area contributed by atoms with E-state index in [2.05, 4.69) is 18.7 Å². The quantitative estimate of drug-likeness (QED) is 0.632. The first-order valence-corrected chi connectivity index (χ1v) is 4.37. The summed E-state index contributed by atoms with van der Waals surface area (Å²) in [6.07, 6.45) is 0. The molecule has 74 valence electrons. The molecule has 2 N–H and O–H groups in total. The van der Waals surface area contributed by atoms with E-state index in [0.29, 0.717) is 6.04 Å². The number of aliphatic hydroxyl groups excluding tert-OH is 2. The van der Waals surface area contributed by atoms with Crippen LogP contribution < -0.4 is 0 Å². The molecule has 0 bridgehead atoms. The molecule has 0 aliphatic heterocycles. The van der Waals surface area contributed by atoms with E-state index in [9.17, 15) is 0 Å². The molecule has 0 amide bonds. The Bertz CT molecular complexity index is 122. The van der Waals surface area contributed by atoms with Crippen LogP contribution in [0.3, 0.4) is 0 Å². The molecule has 0 unspecified atom stereocenters. The first-order valence-electron chi connectivity index (χ1n) is 4.37. The second-order valence-corrected chi connectivity index (χ2v) is 4.14. The van der Waals surface area contributed by atoms with Crippen molar-refractivity contribution in [3.05, 3.63) is 0 Å². The van der Waals surface area contributed by atoms with Gasteiger partial charge in [0.1, 0.15) is 0 Å². The highest BCUT2D eigenvalue weighted by molar-refractivity contribution is 4.76. The molecule has 0 saturated carbocycles. The predicted molar refractivity (Wildman–Crippen MR) is 50.0 cm³/mol. The van der Waals surface area contributed by atoms with E-state index in [4.69, 9.17) is 10.2 Å². The smallest absolute Gasteiger partial charge is 0.0519 e. The fourth-order valence-electron chi connectivity index (χ4n) is 0.935. The highest BCUT2D eigenvalue weighted by Crippen LogP contribution is 2.16. The van der Waals surface area contributed by atoms with Gasteiger partial charge >= 0.3 is 0 Å². The molecule has 3 nitrogen and oxygen atoms in total. The molecular weight excluding hydrogens is 154 g/mol. The number of hydrogen-bond donors (Lipinski definition) is 2. The number of hydrogen-bond acceptors (Lipinski definition) is 3. The molecule has 0 aliphatic rings. The van der Waals surface area contributed by atoms with Crippen molar-refractivity contribution in [1.82, 2.24) is 4.90 Å². The van der Waals surface area contributed by atoms with Crippen molar-refractivity contribution in [2.75, 3.05) is 26.8 Å². The molecular formula is C9H21NO2. The van der Waals surface area contributed by atoms with E-state index >= 15 is 0 Å². The Morgan fingerprint density at radius 3 is 1.92 bits per heavy atom. The summed E-state index contributed by atoms with van der Waals surface area (Å²) in [6, 6.07) is 0.447. The maximum atomic E-state index is 9.03. The van der Waals surface area contributed by atoms with E-state index in [1.165, 1.54) is 0 Å². The minimum Gasteiger partial charge on any atom is -0.396 e. The first kappa shape index (κ1) is 11.9. The molecule has 12 heavy (non-hydrogen) atoms. The lowest BCUT2D eigenvalue weighted by Gasteiger charge is -2.32. The van der Waals surface area contributed by atoms with Gasteiger partial charge in [-0.3, -0.25) is 0 Å². The van der Waals surface area contributed by atoms with Crippen LogP contribution in [0.4, 0.5) is 0 Å². The summed E-state index contributed by atoms with van der Waals surface area (Å²) in [4.78, 5) is 2.12. The highest BCUT2D eigenvalue weighted by Gasteiger charge is 2.24. The summed E-state index contributed by atoms with van der Waals surface area (Å²) in [7, 11) is 1.99. The Morgan fingerprint density at radius 1 is 1.25 bits per heavy atom. The van der Waals surface area contributed by atoms with E-state index in [0.717, 1.165) is 6.54 Å². The average Bonchev–Trinajstić information content (AvgIpc) is 2.04. The molecule has 0 rings (SSSR count). The van der Waals surface area contributed by atoms with Crippen LogP contribution in [-0.2, 0) is 0 Å². The summed E-state index contributed by atoms with van der Waals surface area (Å²) < 4.78 is 0. The standard InChI is InChI=1S/C9H21NO2/c1-8(2)10(4)5-9(3,6-11)7-12/h8,11-12H,5-7H2,1-4H3. The normalized spacial score (nSPS) is 13.0. The van der Waals surface area contributed by atoms with E-state index in [1.807, 2.05) is 14.0 Å². The molecule has 0 aromatic heterocycles. The van der Waals surface area contributed by atoms with Crippen LogP contribution in [0.5, 0.6) is 0 Å². The summed E-state index contributed by atoms with van der Waals surface area (Å²) in [5.74, 6) is 0. The van der Waals surface area contributed by atoms with Crippen molar-refractivity contribution in [1.29, 1.82) is 0 Å². The molecule has 0 aromatic carbocycles. The number of aliphatic hydroxyl groups is 2. The Kier molecular flexibility index (Phi) is 4.75. The van der Waals surface area contributed by atoms with Crippen LogP contribution in [0.25, 0.3) is 0 Å². The van der Waals surface area contributed by atoms with Gasteiger partial charge in [-0.1, -0.05) is 6.92 Å². The lowest BCUT2D eigenvalue weighted by atomic mass is 9.92. The van der Waals surface area contributed by atoms with Gasteiger partial charge in [0.05, 0.1) is 13.2 Å². The third kappa shape index (κ3) is 3.52. The second-order valence-electron chi connectivity index (χ2n) is 4.14. The maximum Gasteiger partial charge on any atom is 0.0519 e. The molecule has 0 aromatic rings. The van der Waals surface area contributed by atoms with E-state index < -0.39 is 0 Å². The topological polar surface area (TPSA) is 43.7 Å². The van der Waals surface area contributed by atoms with Crippen molar-refractivity contribution in [2.45, 2.75) is 26.8 Å². The van der Waals surface area contributed by atoms with Gasteiger partial charge in [-0.2, -0.15) is 0 Å². The monoisotopic (exact) mass is 175 g/mol. The second kappa shape index (κ2) is 4.80. The third-order valence-electron chi connectivity index (χ3n) is 2.28. The fourth-order valence-corrected chi connectivity index (χ4v) is 0.935. The predicted octanol–water partition coefficient (Wildman–Crippen LogP) is 0.318. The molecule has 0 saturated heterocycles. The molecule has 0 spiro atoms. The van der Waals surface area contributed by atoms with Gasteiger partial charge in [0, 0.05) is 18.0 Å². The van der Waals surface area contributed by atoms with Crippen LogP contribution in [0.2, 0.25) is 0 Å². The average molecular weight is 175 g/mol. The van der Waals surface area contributed by atoms with Crippen molar-refractivity contribution in [3.63, 3.8) is 0 Å². The van der Waals surface area contributed by atoms with Crippen molar-refractivity contribution in [3.8, 4) is 0 Å². The number of nitrogens with zero attached hydrogens (tertiary/aromatic N) is 1. The summed E-state index contributed by atoms with van der Waals surface area (Å²) >= 11 is 0. The van der Waals surface area contributed by atoms with Gasteiger partial charge in [0.25, 0.3) is 0 Å². The van der Waals surface area contributed by atoms with Gasteiger partial charge in [-0.15, -0.1) is 0 Å². The lowest BCUT2D eigenvalue weighted by molar-refractivity contribution is 0.0348. The SMILES string of the molecule is CC(C)N(C)CC(C)(CO)CO. The van der Waals surface area contributed by atoms with Crippen molar-refractivity contribution in [2.24, 2.45) is 5.41 Å². The van der Waals surface area contributed by atoms with Gasteiger partial charge in [0.2, 0.25) is 0 Å².